The van der Waals surface area contributed by atoms with Gasteiger partial charge in [-0.25, -0.2) is 0 Å². The van der Waals surface area contributed by atoms with Gasteiger partial charge < -0.3 is 9.64 Å². The minimum Gasteiger partial charge on any atom is -0.497 e. The Kier molecular flexibility index (Phi) is 3.95. The second-order valence-electron chi connectivity index (χ2n) is 2.96. The molecular weight excluding hydrogens is 246 g/mol. The second-order valence-corrected chi connectivity index (χ2v) is 3.64. The Morgan fingerprint density at radius 3 is 2.43 bits per heavy atom. The zero-order valence-corrected chi connectivity index (χ0v) is 9.74. The SMILES string of the molecule is COc1ccc(CN(C)C(=O)Br)cc1. The van der Waals surface area contributed by atoms with Crippen LogP contribution in [0.2, 0.25) is 0 Å². The van der Waals surface area contributed by atoms with Crippen molar-refractivity contribution >= 4 is 20.7 Å². The van der Waals surface area contributed by atoms with E-state index in [0.29, 0.717) is 6.54 Å². The fourth-order valence-corrected chi connectivity index (χ4v) is 1.19. The molecule has 0 saturated heterocycles. The molecule has 0 unspecified atom stereocenters. The number of ether oxygens (including phenoxy) is 1. The van der Waals surface area contributed by atoms with E-state index >= 15 is 0 Å². The van der Waals surface area contributed by atoms with Crippen LogP contribution in [0, 0.1) is 0 Å². The van der Waals surface area contributed by atoms with Crippen molar-refractivity contribution in [2.75, 3.05) is 14.2 Å². The van der Waals surface area contributed by atoms with Gasteiger partial charge in [0.15, 0.2) is 0 Å². The highest BCUT2D eigenvalue weighted by molar-refractivity contribution is 9.18. The zero-order chi connectivity index (χ0) is 10.6. The third kappa shape index (κ3) is 3.03. The van der Waals surface area contributed by atoms with Crippen LogP contribution in [0.3, 0.4) is 0 Å². The quantitative estimate of drug-likeness (QED) is 0.616. The summed E-state index contributed by atoms with van der Waals surface area (Å²) in [6.07, 6.45) is 0. The van der Waals surface area contributed by atoms with Gasteiger partial charge in [-0.05, 0) is 17.7 Å². The lowest BCUT2D eigenvalue weighted by Crippen LogP contribution is -2.19. The molecule has 0 aliphatic heterocycles. The summed E-state index contributed by atoms with van der Waals surface area (Å²) in [5.41, 5.74) is 1.07. The molecule has 3 nitrogen and oxygen atoms in total. The maximum Gasteiger partial charge on any atom is 0.289 e. The minimum absolute atomic E-state index is 0.117. The molecule has 0 aromatic heterocycles. The van der Waals surface area contributed by atoms with Gasteiger partial charge >= 0.3 is 0 Å². The molecule has 0 saturated carbocycles. The van der Waals surface area contributed by atoms with Crippen molar-refractivity contribution in [1.82, 2.24) is 4.90 Å². The van der Waals surface area contributed by atoms with Crippen LogP contribution in [-0.4, -0.2) is 23.9 Å². The van der Waals surface area contributed by atoms with E-state index in [4.69, 9.17) is 4.74 Å². The van der Waals surface area contributed by atoms with Gasteiger partial charge in [-0.3, -0.25) is 4.79 Å². The van der Waals surface area contributed by atoms with E-state index in [1.807, 2.05) is 24.3 Å². The van der Waals surface area contributed by atoms with E-state index < -0.39 is 0 Å². The predicted octanol–water partition coefficient (Wildman–Crippen LogP) is 2.64. The molecular formula is C10H12BrNO2. The van der Waals surface area contributed by atoms with Gasteiger partial charge in [-0.2, -0.15) is 0 Å². The summed E-state index contributed by atoms with van der Waals surface area (Å²) in [5, 5.41) is 0. The highest BCUT2D eigenvalue weighted by Gasteiger charge is 2.04. The summed E-state index contributed by atoms with van der Waals surface area (Å²) in [6, 6.07) is 7.63. The van der Waals surface area contributed by atoms with Crippen molar-refractivity contribution in [3.8, 4) is 5.75 Å². The molecule has 0 radical (unpaired) electrons. The molecule has 0 spiro atoms. The maximum absolute atomic E-state index is 10.9. The van der Waals surface area contributed by atoms with Gasteiger partial charge in [0, 0.05) is 29.5 Å². The van der Waals surface area contributed by atoms with E-state index in [1.54, 1.807) is 19.1 Å². The maximum atomic E-state index is 10.9. The molecule has 0 atom stereocenters. The van der Waals surface area contributed by atoms with E-state index in [2.05, 4.69) is 15.9 Å². The van der Waals surface area contributed by atoms with E-state index in [0.717, 1.165) is 11.3 Å². The molecule has 0 aliphatic rings. The lowest BCUT2D eigenvalue weighted by atomic mass is 10.2. The van der Waals surface area contributed by atoms with Crippen molar-refractivity contribution in [2.24, 2.45) is 0 Å². The Morgan fingerprint density at radius 1 is 1.43 bits per heavy atom. The largest absolute Gasteiger partial charge is 0.497 e. The van der Waals surface area contributed by atoms with Crippen LogP contribution in [0.25, 0.3) is 0 Å². The third-order valence-electron chi connectivity index (χ3n) is 1.88. The van der Waals surface area contributed by atoms with Crippen LogP contribution in [-0.2, 0) is 6.54 Å². The summed E-state index contributed by atoms with van der Waals surface area (Å²) < 4.78 is 5.03. The van der Waals surface area contributed by atoms with Crippen LogP contribution in [0.5, 0.6) is 5.75 Å². The molecule has 76 valence electrons. The Bertz CT molecular complexity index is 310. The lowest BCUT2D eigenvalue weighted by Gasteiger charge is -2.13. The molecule has 1 aromatic carbocycles. The summed E-state index contributed by atoms with van der Waals surface area (Å²) in [7, 11) is 3.37. The first-order valence-corrected chi connectivity index (χ1v) is 4.96. The van der Waals surface area contributed by atoms with Gasteiger partial charge in [0.25, 0.3) is 4.82 Å². The summed E-state index contributed by atoms with van der Waals surface area (Å²) in [5.74, 6) is 0.821. The molecule has 1 rings (SSSR count). The summed E-state index contributed by atoms with van der Waals surface area (Å²) >= 11 is 2.89. The minimum atomic E-state index is -0.117. The normalized spacial score (nSPS) is 9.64. The summed E-state index contributed by atoms with van der Waals surface area (Å²) in [6.45, 7) is 0.591. The number of hydrogen-bond acceptors (Lipinski definition) is 2. The van der Waals surface area contributed by atoms with Crippen LogP contribution < -0.4 is 4.74 Å². The molecule has 0 fully saturated rings. The summed E-state index contributed by atoms with van der Waals surface area (Å²) in [4.78, 5) is 12.4. The van der Waals surface area contributed by atoms with E-state index in [-0.39, 0.29) is 4.82 Å². The number of carbonyl (C=O) groups excluding carboxylic acids is 1. The third-order valence-corrected chi connectivity index (χ3v) is 2.48. The molecule has 0 N–H and O–H groups in total. The molecule has 1 amide bonds. The number of hydrogen-bond donors (Lipinski definition) is 0. The molecule has 0 bridgehead atoms. The van der Waals surface area contributed by atoms with Gasteiger partial charge in [0.2, 0.25) is 0 Å². The molecule has 14 heavy (non-hydrogen) atoms. The topological polar surface area (TPSA) is 29.5 Å². The highest BCUT2D eigenvalue weighted by Crippen LogP contribution is 2.13. The van der Waals surface area contributed by atoms with Crippen molar-refractivity contribution in [3.05, 3.63) is 29.8 Å². The lowest BCUT2D eigenvalue weighted by molar-refractivity contribution is 0.233. The number of benzene rings is 1. The van der Waals surface area contributed by atoms with E-state index in [9.17, 15) is 4.79 Å². The van der Waals surface area contributed by atoms with Crippen molar-refractivity contribution < 1.29 is 9.53 Å². The standard InChI is InChI=1S/C10H12BrNO2/c1-12(10(11)13)7-8-3-5-9(14-2)6-4-8/h3-6H,7H2,1-2H3. The fraction of sp³-hybridized carbons (Fsp3) is 0.300. The van der Waals surface area contributed by atoms with Crippen LogP contribution >= 0.6 is 15.9 Å². The number of rotatable bonds is 3. The van der Waals surface area contributed by atoms with Crippen LogP contribution in [0.4, 0.5) is 4.79 Å². The Labute approximate surface area is 91.8 Å². The highest BCUT2D eigenvalue weighted by atomic mass is 79.9. The van der Waals surface area contributed by atoms with Crippen molar-refractivity contribution in [1.29, 1.82) is 0 Å². The molecule has 0 aliphatic carbocycles. The first kappa shape index (κ1) is 11.0. The first-order chi connectivity index (χ1) is 6.63. The van der Waals surface area contributed by atoms with Gasteiger partial charge in [-0.15, -0.1) is 0 Å². The smallest absolute Gasteiger partial charge is 0.289 e. The number of carbonyl (C=O) groups is 1. The number of methoxy groups -OCH3 is 1. The molecule has 0 heterocycles. The Balaban J connectivity index is 2.64. The van der Waals surface area contributed by atoms with Crippen LogP contribution in [0.1, 0.15) is 5.56 Å². The van der Waals surface area contributed by atoms with Gasteiger partial charge in [0.05, 0.1) is 7.11 Å². The van der Waals surface area contributed by atoms with E-state index in [1.165, 1.54) is 0 Å². The zero-order valence-electron chi connectivity index (χ0n) is 8.16. The number of amides is 1. The predicted molar refractivity (Wildman–Crippen MR) is 58.8 cm³/mol. The first-order valence-electron chi connectivity index (χ1n) is 4.17. The van der Waals surface area contributed by atoms with Crippen molar-refractivity contribution in [3.63, 3.8) is 0 Å². The second kappa shape index (κ2) is 5.00. The van der Waals surface area contributed by atoms with Gasteiger partial charge in [-0.1, -0.05) is 12.1 Å². The Hall–Kier alpha value is -1.03. The Morgan fingerprint density at radius 2 is 2.00 bits per heavy atom. The average molecular weight is 258 g/mol. The fourth-order valence-electron chi connectivity index (χ4n) is 1.07. The van der Waals surface area contributed by atoms with Gasteiger partial charge in [0.1, 0.15) is 5.75 Å². The number of nitrogens with zero attached hydrogens (tertiary/aromatic N) is 1. The van der Waals surface area contributed by atoms with Crippen LogP contribution in [0.15, 0.2) is 24.3 Å². The molecule has 1 aromatic rings. The average Bonchev–Trinajstić information content (AvgIpc) is 2.19. The number of halogens is 1. The molecule has 4 heteroatoms. The van der Waals surface area contributed by atoms with Crippen molar-refractivity contribution in [2.45, 2.75) is 6.54 Å². The monoisotopic (exact) mass is 257 g/mol.